The highest BCUT2D eigenvalue weighted by Crippen LogP contribution is 2.23. The van der Waals surface area contributed by atoms with Crippen molar-refractivity contribution in [3.05, 3.63) is 58.6 Å². The molecular weight excluding hydrogens is 258 g/mol. The Morgan fingerprint density at radius 2 is 1.95 bits per heavy atom. The third-order valence-electron chi connectivity index (χ3n) is 3.00. The second-order valence-electron chi connectivity index (χ2n) is 4.87. The van der Waals surface area contributed by atoms with E-state index in [0.29, 0.717) is 23.2 Å². The first-order chi connectivity index (χ1) is 9.06. The smallest absolute Gasteiger partial charge is 0.120 e. The Morgan fingerprint density at radius 1 is 1.16 bits per heavy atom. The van der Waals surface area contributed by atoms with E-state index in [1.807, 2.05) is 24.3 Å². The van der Waals surface area contributed by atoms with E-state index < -0.39 is 0 Å². The summed E-state index contributed by atoms with van der Waals surface area (Å²) in [6, 6.07) is 13.6. The van der Waals surface area contributed by atoms with E-state index in [1.165, 1.54) is 5.56 Å². The van der Waals surface area contributed by atoms with Gasteiger partial charge in [0.1, 0.15) is 12.4 Å². The molecular formula is C16H18ClNO. The molecule has 0 radical (unpaired) electrons. The van der Waals surface area contributed by atoms with E-state index in [1.54, 1.807) is 6.07 Å². The topological polar surface area (TPSA) is 35.2 Å². The van der Waals surface area contributed by atoms with Crippen LogP contribution in [0.3, 0.4) is 0 Å². The molecule has 2 aromatic carbocycles. The molecule has 0 aliphatic rings. The van der Waals surface area contributed by atoms with E-state index in [0.717, 1.165) is 11.3 Å². The first-order valence-corrected chi connectivity index (χ1v) is 6.70. The number of hydrogen-bond acceptors (Lipinski definition) is 2. The summed E-state index contributed by atoms with van der Waals surface area (Å²) in [6.07, 6.45) is 0. The molecule has 0 atom stereocenters. The Morgan fingerprint density at radius 3 is 2.63 bits per heavy atom. The van der Waals surface area contributed by atoms with Crippen molar-refractivity contribution in [2.24, 2.45) is 0 Å². The molecule has 0 aromatic heterocycles. The van der Waals surface area contributed by atoms with Gasteiger partial charge in [0.2, 0.25) is 0 Å². The zero-order chi connectivity index (χ0) is 13.8. The highest BCUT2D eigenvalue weighted by molar-refractivity contribution is 6.31. The van der Waals surface area contributed by atoms with Crippen molar-refractivity contribution in [2.75, 3.05) is 5.73 Å². The minimum atomic E-state index is 0.445. The average molecular weight is 276 g/mol. The number of benzene rings is 2. The van der Waals surface area contributed by atoms with E-state index in [2.05, 4.69) is 26.0 Å². The molecule has 0 bridgehead atoms. The van der Waals surface area contributed by atoms with Crippen molar-refractivity contribution in [2.45, 2.75) is 26.4 Å². The molecule has 2 rings (SSSR count). The molecule has 3 heteroatoms. The molecule has 0 heterocycles. The molecule has 0 amide bonds. The van der Waals surface area contributed by atoms with E-state index in [9.17, 15) is 0 Å². The van der Waals surface area contributed by atoms with Crippen molar-refractivity contribution in [1.29, 1.82) is 0 Å². The second-order valence-corrected chi connectivity index (χ2v) is 5.27. The van der Waals surface area contributed by atoms with Gasteiger partial charge in [-0.3, -0.25) is 0 Å². The largest absolute Gasteiger partial charge is 0.489 e. The quantitative estimate of drug-likeness (QED) is 0.826. The molecule has 0 spiro atoms. The summed E-state index contributed by atoms with van der Waals surface area (Å²) < 4.78 is 5.78. The standard InChI is InChI=1S/C16H18ClNO/c1-11(2)12-4-3-5-15(8-12)19-10-13-6-7-14(18)9-16(13)17/h3-9,11H,10,18H2,1-2H3. The van der Waals surface area contributed by atoms with Crippen LogP contribution in [-0.4, -0.2) is 0 Å². The molecule has 0 fully saturated rings. The number of halogens is 1. The molecule has 19 heavy (non-hydrogen) atoms. The predicted molar refractivity (Wildman–Crippen MR) is 80.7 cm³/mol. The summed E-state index contributed by atoms with van der Waals surface area (Å²) in [5.74, 6) is 1.35. The monoisotopic (exact) mass is 275 g/mol. The molecule has 2 nitrogen and oxygen atoms in total. The second kappa shape index (κ2) is 5.98. The van der Waals surface area contributed by atoms with Gasteiger partial charge >= 0.3 is 0 Å². The Kier molecular flexibility index (Phi) is 4.33. The van der Waals surface area contributed by atoms with E-state index in [4.69, 9.17) is 22.1 Å². The van der Waals surface area contributed by atoms with Crippen LogP contribution in [0.1, 0.15) is 30.9 Å². The lowest BCUT2D eigenvalue weighted by atomic mass is 10.0. The van der Waals surface area contributed by atoms with Crippen LogP contribution in [0.2, 0.25) is 5.02 Å². The maximum absolute atomic E-state index is 6.12. The highest BCUT2D eigenvalue weighted by Gasteiger charge is 2.04. The summed E-state index contributed by atoms with van der Waals surface area (Å²) in [7, 11) is 0. The Hall–Kier alpha value is -1.67. The summed E-state index contributed by atoms with van der Waals surface area (Å²) in [6.45, 7) is 4.77. The van der Waals surface area contributed by atoms with Crippen molar-refractivity contribution in [3.63, 3.8) is 0 Å². The Bertz CT molecular complexity index is 566. The van der Waals surface area contributed by atoms with Crippen LogP contribution in [0.15, 0.2) is 42.5 Å². The van der Waals surface area contributed by atoms with Gasteiger partial charge in [-0.2, -0.15) is 0 Å². The molecule has 0 saturated carbocycles. The molecule has 0 unspecified atom stereocenters. The lowest BCUT2D eigenvalue weighted by Gasteiger charge is -2.11. The normalized spacial score (nSPS) is 10.7. The van der Waals surface area contributed by atoms with Crippen LogP contribution in [0.4, 0.5) is 5.69 Å². The van der Waals surface area contributed by atoms with Gasteiger partial charge in [0.05, 0.1) is 0 Å². The third kappa shape index (κ3) is 3.65. The number of anilines is 1. The zero-order valence-electron chi connectivity index (χ0n) is 11.2. The van der Waals surface area contributed by atoms with Gasteiger partial charge in [-0.1, -0.05) is 43.6 Å². The molecule has 2 N–H and O–H groups in total. The zero-order valence-corrected chi connectivity index (χ0v) is 11.9. The lowest BCUT2D eigenvalue weighted by Crippen LogP contribution is -1.98. The van der Waals surface area contributed by atoms with Crippen LogP contribution >= 0.6 is 11.6 Å². The van der Waals surface area contributed by atoms with Crippen LogP contribution < -0.4 is 10.5 Å². The van der Waals surface area contributed by atoms with Crippen LogP contribution in [0, 0.1) is 0 Å². The van der Waals surface area contributed by atoms with Crippen molar-refractivity contribution in [1.82, 2.24) is 0 Å². The summed E-state index contributed by atoms with van der Waals surface area (Å²) in [5.41, 5.74) is 8.53. The van der Waals surface area contributed by atoms with Gasteiger partial charge in [0, 0.05) is 16.3 Å². The fourth-order valence-corrected chi connectivity index (χ4v) is 2.05. The van der Waals surface area contributed by atoms with Crippen LogP contribution in [-0.2, 0) is 6.61 Å². The van der Waals surface area contributed by atoms with Crippen molar-refractivity contribution in [3.8, 4) is 5.75 Å². The fraction of sp³-hybridized carbons (Fsp3) is 0.250. The molecule has 0 aliphatic carbocycles. The van der Waals surface area contributed by atoms with E-state index >= 15 is 0 Å². The SMILES string of the molecule is CC(C)c1cccc(OCc2ccc(N)cc2Cl)c1. The summed E-state index contributed by atoms with van der Waals surface area (Å²) >= 11 is 6.12. The van der Waals surface area contributed by atoms with Gasteiger partial charge in [-0.05, 0) is 35.7 Å². The predicted octanol–water partition coefficient (Wildman–Crippen LogP) is 4.62. The Balaban J connectivity index is 2.08. The third-order valence-corrected chi connectivity index (χ3v) is 3.35. The molecule has 100 valence electrons. The van der Waals surface area contributed by atoms with E-state index in [-0.39, 0.29) is 0 Å². The van der Waals surface area contributed by atoms with Crippen molar-refractivity contribution >= 4 is 17.3 Å². The minimum Gasteiger partial charge on any atom is -0.489 e. The number of ether oxygens (including phenoxy) is 1. The van der Waals surface area contributed by atoms with Crippen LogP contribution in [0.25, 0.3) is 0 Å². The average Bonchev–Trinajstić information content (AvgIpc) is 2.38. The lowest BCUT2D eigenvalue weighted by molar-refractivity contribution is 0.306. The number of nitrogens with two attached hydrogens (primary N) is 1. The highest BCUT2D eigenvalue weighted by atomic mass is 35.5. The fourth-order valence-electron chi connectivity index (χ4n) is 1.81. The molecule has 2 aromatic rings. The maximum atomic E-state index is 6.12. The molecule has 0 saturated heterocycles. The van der Waals surface area contributed by atoms with Gasteiger partial charge in [-0.15, -0.1) is 0 Å². The molecule has 0 aliphatic heterocycles. The van der Waals surface area contributed by atoms with Crippen LogP contribution in [0.5, 0.6) is 5.75 Å². The Labute approximate surface area is 119 Å². The summed E-state index contributed by atoms with van der Waals surface area (Å²) in [5, 5.41) is 0.639. The first kappa shape index (κ1) is 13.8. The number of rotatable bonds is 4. The van der Waals surface area contributed by atoms with Gasteiger partial charge in [0.15, 0.2) is 0 Å². The summed E-state index contributed by atoms with van der Waals surface area (Å²) in [4.78, 5) is 0. The number of hydrogen-bond donors (Lipinski definition) is 1. The van der Waals surface area contributed by atoms with Gasteiger partial charge in [0.25, 0.3) is 0 Å². The number of nitrogen functional groups attached to an aromatic ring is 1. The first-order valence-electron chi connectivity index (χ1n) is 6.33. The minimum absolute atomic E-state index is 0.445. The van der Waals surface area contributed by atoms with Gasteiger partial charge in [-0.25, -0.2) is 0 Å². The van der Waals surface area contributed by atoms with Crippen molar-refractivity contribution < 1.29 is 4.74 Å². The maximum Gasteiger partial charge on any atom is 0.120 e. The van der Waals surface area contributed by atoms with Gasteiger partial charge < -0.3 is 10.5 Å².